The number of anilines is 2. The van der Waals surface area contributed by atoms with E-state index in [1.807, 2.05) is 43.3 Å². The van der Waals surface area contributed by atoms with E-state index in [1.165, 1.54) is 6.20 Å². The molecule has 0 spiro atoms. The minimum Gasteiger partial charge on any atom is -0.482 e. The van der Waals surface area contributed by atoms with E-state index in [-0.39, 0.29) is 17.8 Å². The van der Waals surface area contributed by atoms with Gasteiger partial charge in [0.05, 0.1) is 10.6 Å². The molecule has 1 aliphatic carbocycles. The number of carbonyl (C=O) groups excluding carboxylic acids is 1. The fourth-order valence-electron chi connectivity index (χ4n) is 4.23. The Morgan fingerprint density at radius 3 is 2.70 bits per heavy atom. The first-order valence-electron chi connectivity index (χ1n) is 11.2. The van der Waals surface area contributed by atoms with Crippen molar-refractivity contribution in [2.45, 2.75) is 50.7 Å². The van der Waals surface area contributed by atoms with Gasteiger partial charge in [-0.3, -0.25) is 4.79 Å². The van der Waals surface area contributed by atoms with Gasteiger partial charge in [-0.25, -0.2) is 4.98 Å². The maximum atomic E-state index is 12.9. The number of hydrogen-bond donors (Lipinski definition) is 3. The van der Waals surface area contributed by atoms with Crippen molar-refractivity contribution in [1.29, 1.82) is 0 Å². The predicted octanol–water partition coefficient (Wildman–Crippen LogP) is 5.86. The third-order valence-corrected chi connectivity index (χ3v) is 6.32. The van der Waals surface area contributed by atoms with Crippen molar-refractivity contribution in [1.82, 2.24) is 4.98 Å². The molecule has 0 radical (unpaired) electrons. The van der Waals surface area contributed by atoms with Crippen LogP contribution in [0.15, 0.2) is 60.8 Å². The van der Waals surface area contributed by atoms with Gasteiger partial charge in [-0.2, -0.15) is 0 Å². The van der Waals surface area contributed by atoms with E-state index in [2.05, 4.69) is 10.3 Å². The number of hydrogen-bond acceptors (Lipinski definition) is 5. The van der Waals surface area contributed by atoms with Gasteiger partial charge in [-0.1, -0.05) is 55.1 Å². The largest absolute Gasteiger partial charge is 0.482 e. The van der Waals surface area contributed by atoms with Crippen molar-refractivity contribution in [3.63, 3.8) is 0 Å². The van der Waals surface area contributed by atoms with Crippen LogP contribution in [0.5, 0.6) is 5.75 Å². The molecule has 6 nitrogen and oxygen atoms in total. The normalized spacial score (nSPS) is 16.1. The molecule has 1 fully saturated rings. The number of nitrogens with two attached hydrogens (primary N) is 1. The fourth-order valence-corrected chi connectivity index (χ4v) is 4.38. The standard InChI is InChI=1S/C26H28ClN3O3/c1-17(33-23-15-21(27)16-29-24(23)28)18-7-6-10-22(14-18)30-25(31)19-8-5-9-20(13-19)26(32)11-3-2-4-12-26/h5-10,13-17,32H,2-4,11-12H2,1H3,(H2,28,29)(H,30,31)/t17-/m1/s1. The van der Waals surface area contributed by atoms with Gasteiger partial charge in [0, 0.05) is 23.5 Å². The Morgan fingerprint density at radius 2 is 1.91 bits per heavy atom. The zero-order chi connectivity index (χ0) is 23.4. The molecule has 7 heteroatoms. The van der Waals surface area contributed by atoms with Crippen molar-refractivity contribution >= 4 is 29.0 Å². The number of ether oxygens (including phenoxy) is 1. The molecule has 172 valence electrons. The molecular formula is C26H28ClN3O3. The molecule has 1 amide bonds. The Bertz CT molecular complexity index is 1150. The lowest BCUT2D eigenvalue weighted by atomic mass is 9.79. The van der Waals surface area contributed by atoms with E-state index in [4.69, 9.17) is 22.1 Å². The summed E-state index contributed by atoms with van der Waals surface area (Å²) >= 11 is 6.00. The van der Waals surface area contributed by atoms with Crippen molar-refractivity contribution in [3.05, 3.63) is 82.5 Å². The Kier molecular flexibility index (Phi) is 6.86. The molecule has 2 aromatic carbocycles. The first-order valence-corrected chi connectivity index (χ1v) is 11.5. The summed E-state index contributed by atoms with van der Waals surface area (Å²) in [4.78, 5) is 17.0. The molecule has 1 atom stereocenters. The third kappa shape index (κ3) is 5.46. The third-order valence-electron chi connectivity index (χ3n) is 6.11. The smallest absolute Gasteiger partial charge is 0.255 e. The van der Waals surface area contributed by atoms with Gasteiger partial charge in [0.25, 0.3) is 5.91 Å². The van der Waals surface area contributed by atoms with Gasteiger partial charge in [-0.15, -0.1) is 0 Å². The molecule has 4 N–H and O–H groups in total. The lowest BCUT2D eigenvalue weighted by molar-refractivity contribution is -0.000655. The number of amides is 1. The number of benzene rings is 2. The Labute approximate surface area is 198 Å². The van der Waals surface area contributed by atoms with Gasteiger partial charge < -0.3 is 20.9 Å². The predicted molar refractivity (Wildman–Crippen MR) is 131 cm³/mol. The molecule has 33 heavy (non-hydrogen) atoms. The summed E-state index contributed by atoms with van der Waals surface area (Å²) < 4.78 is 5.94. The maximum absolute atomic E-state index is 12.9. The highest BCUT2D eigenvalue weighted by Crippen LogP contribution is 2.37. The van der Waals surface area contributed by atoms with Crippen LogP contribution in [0.3, 0.4) is 0 Å². The maximum Gasteiger partial charge on any atom is 0.255 e. The van der Waals surface area contributed by atoms with Crippen molar-refractivity contribution < 1.29 is 14.6 Å². The molecule has 0 aliphatic heterocycles. The highest BCUT2D eigenvalue weighted by Gasteiger charge is 2.31. The molecule has 4 rings (SSSR count). The molecule has 0 bridgehead atoms. The van der Waals surface area contributed by atoms with Crippen molar-refractivity contribution in [2.24, 2.45) is 0 Å². The van der Waals surface area contributed by atoms with Crippen LogP contribution in [-0.2, 0) is 5.60 Å². The van der Waals surface area contributed by atoms with Gasteiger partial charge in [0.1, 0.15) is 6.10 Å². The monoisotopic (exact) mass is 465 g/mol. The van der Waals surface area contributed by atoms with E-state index in [0.29, 0.717) is 22.0 Å². The molecule has 1 aromatic heterocycles. The summed E-state index contributed by atoms with van der Waals surface area (Å²) in [7, 11) is 0. The summed E-state index contributed by atoms with van der Waals surface area (Å²) in [5.41, 5.74) is 7.85. The Morgan fingerprint density at radius 1 is 1.15 bits per heavy atom. The minimum absolute atomic E-state index is 0.231. The number of nitrogen functional groups attached to an aromatic ring is 1. The average molecular weight is 466 g/mol. The van der Waals surface area contributed by atoms with E-state index in [1.54, 1.807) is 18.2 Å². The van der Waals surface area contributed by atoms with E-state index in [9.17, 15) is 9.90 Å². The van der Waals surface area contributed by atoms with Crippen molar-refractivity contribution in [2.75, 3.05) is 11.1 Å². The second-order valence-corrected chi connectivity index (χ2v) is 8.99. The number of rotatable bonds is 6. The summed E-state index contributed by atoms with van der Waals surface area (Å²) in [5, 5.41) is 14.4. The second-order valence-electron chi connectivity index (χ2n) is 8.55. The Balaban J connectivity index is 1.47. The van der Waals surface area contributed by atoms with Gasteiger partial charge in [0.15, 0.2) is 11.6 Å². The van der Waals surface area contributed by atoms with Crippen LogP contribution in [0.2, 0.25) is 5.02 Å². The second kappa shape index (κ2) is 9.81. The lowest BCUT2D eigenvalue weighted by Crippen LogP contribution is -2.28. The van der Waals surface area contributed by atoms with Crippen LogP contribution in [0.25, 0.3) is 0 Å². The van der Waals surface area contributed by atoms with Crippen molar-refractivity contribution in [3.8, 4) is 5.75 Å². The summed E-state index contributed by atoms with van der Waals surface area (Å²) in [6, 6.07) is 16.3. The number of nitrogens with one attached hydrogen (secondary N) is 1. The highest BCUT2D eigenvalue weighted by atomic mass is 35.5. The van der Waals surface area contributed by atoms with Crippen LogP contribution in [-0.4, -0.2) is 16.0 Å². The molecule has 0 unspecified atom stereocenters. The van der Waals surface area contributed by atoms with Crippen LogP contribution >= 0.6 is 11.6 Å². The van der Waals surface area contributed by atoms with E-state index >= 15 is 0 Å². The summed E-state index contributed by atoms with van der Waals surface area (Å²) in [6.07, 6.45) is 5.71. The van der Waals surface area contributed by atoms with Crippen LogP contribution in [0.4, 0.5) is 11.5 Å². The SMILES string of the molecule is C[C@@H](Oc1cc(Cl)cnc1N)c1cccc(NC(=O)c2cccc(C3(O)CCCCC3)c2)c1. The number of aliphatic hydroxyl groups is 1. The van der Waals surface area contributed by atoms with Gasteiger partial charge in [0.2, 0.25) is 0 Å². The minimum atomic E-state index is -0.849. The number of carbonyl (C=O) groups is 1. The van der Waals surface area contributed by atoms with Crippen LogP contribution in [0, 0.1) is 0 Å². The topological polar surface area (TPSA) is 97.5 Å². The summed E-state index contributed by atoms with van der Waals surface area (Å²) in [6.45, 7) is 1.88. The molecule has 0 saturated heterocycles. The molecule has 1 saturated carbocycles. The van der Waals surface area contributed by atoms with E-state index in [0.717, 1.165) is 43.2 Å². The molecule has 1 aliphatic rings. The van der Waals surface area contributed by atoms with E-state index < -0.39 is 5.60 Å². The average Bonchev–Trinajstić information content (AvgIpc) is 2.82. The lowest BCUT2D eigenvalue weighted by Gasteiger charge is -2.32. The molecule has 3 aromatic rings. The number of halogens is 1. The van der Waals surface area contributed by atoms with Crippen LogP contribution in [0.1, 0.15) is 66.6 Å². The van der Waals surface area contributed by atoms with Gasteiger partial charge >= 0.3 is 0 Å². The molecule has 1 heterocycles. The quantitative estimate of drug-likeness (QED) is 0.423. The number of aromatic nitrogens is 1. The number of pyridine rings is 1. The van der Waals surface area contributed by atoms with Crippen LogP contribution < -0.4 is 15.8 Å². The number of nitrogens with zero attached hydrogens (tertiary/aromatic N) is 1. The highest BCUT2D eigenvalue weighted by molar-refractivity contribution is 6.30. The molecular weight excluding hydrogens is 438 g/mol. The zero-order valence-electron chi connectivity index (χ0n) is 18.6. The summed E-state index contributed by atoms with van der Waals surface area (Å²) in [5.74, 6) is 0.433. The zero-order valence-corrected chi connectivity index (χ0v) is 19.3. The first-order chi connectivity index (χ1) is 15.8. The van der Waals surface area contributed by atoms with Gasteiger partial charge in [-0.05, 0) is 55.2 Å². The Hall–Kier alpha value is -3.09. The fraction of sp³-hybridized carbons (Fsp3) is 0.308. The first kappa shape index (κ1) is 23.1.